The maximum absolute atomic E-state index is 12.1. The third kappa shape index (κ3) is 4.18. The molecule has 0 bridgehead atoms. The van der Waals surface area contributed by atoms with Crippen molar-refractivity contribution in [3.63, 3.8) is 0 Å². The number of benzene rings is 2. The fourth-order valence-electron chi connectivity index (χ4n) is 2.23. The van der Waals surface area contributed by atoms with Gasteiger partial charge in [0.2, 0.25) is 5.88 Å². The van der Waals surface area contributed by atoms with Gasteiger partial charge in [0.25, 0.3) is 0 Å². The topological polar surface area (TPSA) is 55.1 Å². The molecule has 0 saturated carbocycles. The minimum absolute atomic E-state index is 0.0618. The van der Waals surface area contributed by atoms with E-state index in [-0.39, 0.29) is 23.8 Å². The first kappa shape index (κ1) is 16.6. The van der Waals surface area contributed by atoms with Crippen LogP contribution >= 0.6 is 0 Å². The zero-order valence-corrected chi connectivity index (χ0v) is 12.7. The number of nitrogens with zero attached hydrogens (tertiary/aromatic N) is 2. The molecule has 7 heteroatoms. The first-order chi connectivity index (χ1) is 11.9. The summed E-state index contributed by atoms with van der Waals surface area (Å²) in [7, 11) is 0. The van der Waals surface area contributed by atoms with E-state index in [1.807, 2.05) is 24.3 Å². The second-order valence-electron chi connectivity index (χ2n) is 5.13. The summed E-state index contributed by atoms with van der Waals surface area (Å²) in [6.07, 6.45) is -4.73. The van der Waals surface area contributed by atoms with E-state index >= 15 is 0 Å². The first-order valence-electron chi connectivity index (χ1n) is 7.22. The lowest BCUT2D eigenvalue weighted by Crippen LogP contribution is -2.17. The molecule has 0 aliphatic rings. The van der Waals surface area contributed by atoms with Gasteiger partial charge in [-0.15, -0.1) is 13.2 Å². The van der Waals surface area contributed by atoms with E-state index in [1.54, 1.807) is 12.1 Å². The highest BCUT2D eigenvalue weighted by Crippen LogP contribution is 2.24. The lowest BCUT2D eigenvalue weighted by Gasteiger charge is -2.10. The van der Waals surface area contributed by atoms with Gasteiger partial charge >= 0.3 is 6.36 Å². The van der Waals surface area contributed by atoms with Crippen molar-refractivity contribution < 1.29 is 22.6 Å². The van der Waals surface area contributed by atoms with Crippen LogP contribution in [-0.2, 0) is 6.61 Å². The minimum atomic E-state index is -4.73. The van der Waals surface area contributed by atoms with Gasteiger partial charge in [0.1, 0.15) is 24.0 Å². The molecule has 2 aromatic carbocycles. The molecular formula is C18H11F3N2O2. The van der Waals surface area contributed by atoms with Crippen molar-refractivity contribution in [1.82, 2.24) is 4.98 Å². The number of fused-ring (bicyclic) bond motifs is 1. The van der Waals surface area contributed by atoms with Gasteiger partial charge in [-0.05, 0) is 29.8 Å². The van der Waals surface area contributed by atoms with Crippen LogP contribution in [-0.4, -0.2) is 11.3 Å². The summed E-state index contributed by atoms with van der Waals surface area (Å²) < 4.78 is 45.8. The van der Waals surface area contributed by atoms with Crippen LogP contribution in [0.3, 0.4) is 0 Å². The SMILES string of the molecule is N#Cc1cc2ccccc2nc1OCc1ccc(OC(F)(F)F)cc1. The molecule has 0 aliphatic heterocycles. The second kappa shape index (κ2) is 6.69. The van der Waals surface area contributed by atoms with Crippen molar-refractivity contribution in [2.24, 2.45) is 0 Å². The molecule has 0 N–H and O–H groups in total. The summed E-state index contributed by atoms with van der Waals surface area (Å²) in [6.45, 7) is 0.0618. The van der Waals surface area contributed by atoms with Gasteiger partial charge in [0.15, 0.2) is 0 Å². The number of aromatic nitrogens is 1. The van der Waals surface area contributed by atoms with Gasteiger partial charge in [-0.1, -0.05) is 30.3 Å². The number of rotatable bonds is 4. The Kier molecular flexibility index (Phi) is 4.44. The van der Waals surface area contributed by atoms with Crippen molar-refractivity contribution in [3.8, 4) is 17.7 Å². The molecule has 3 rings (SSSR count). The predicted octanol–water partition coefficient (Wildman–Crippen LogP) is 4.58. The summed E-state index contributed by atoms with van der Waals surface area (Å²) in [5.41, 5.74) is 1.59. The molecular weight excluding hydrogens is 333 g/mol. The number of para-hydroxylation sites is 1. The molecule has 25 heavy (non-hydrogen) atoms. The molecule has 1 aromatic heterocycles. The van der Waals surface area contributed by atoms with Crippen molar-refractivity contribution in [2.75, 3.05) is 0 Å². The van der Waals surface area contributed by atoms with Crippen LogP contribution in [0.25, 0.3) is 10.9 Å². The largest absolute Gasteiger partial charge is 0.573 e. The zero-order chi connectivity index (χ0) is 17.9. The number of hydrogen-bond donors (Lipinski definition) is 0. The molecule has 0 saturated heterocycles. The Labute approximate surface area is 141 Å². The molecule has 0 amide bonds. The second-order valence-corrected chi connectivity index (χ2v) is 5.13. The quantitative estimate of drug-likeness (QED) is 0.695. The fraction of sp³-hybridized carbons (Fsp3) is 0.111. The molecule has 4 nitrogen and oxygen atoms in total. The normalized spacial score (nSPS) is 11.1. The number of ether oxygens (including phenoxy) is 2. The first-order valence-corrected chi connectivity index (χ1v) is 7.22. The van der Waals surface area contributed by atoms with Gasteiger partial charge < -0.3 is 9.47 Å². The summed E-state index contributed by atoms with van der Waals surface area (Å²) >= 11 is 0. The molecule has 1 heterocycles. The fourth-order valence-corrected chi connectivity index (χ4v) is 2.23. The molecule has 3 aromatic rings. The maximum Gasteiger partial charge on any atom is 0.573 e. The van der Waals surface area contributed by atoms with Crippen molar-refractivity contribution in [2.45, 2.75) is 13.0 Å². The monoisotopic (exact) mass is 344 g/mol. The zero-order valence-electron chi connectivity index (χ0n) is 12.7. The molecule has 0 aliphatic carbocycles. The predicted molar refractivity (Wildman–Crippen MR) is 83.9 cm³/mol. The highest BCUT2D eigenvalue weighted by atomic mass is 19.4. The highest BCUT2D eigenvalue weighted by Gasteiger charge is 2.30. The summed E-state index contributed by atoms with van der Waals surface area (Å²) in [5, 5.41) is 10.0. The summed E-state index contributed by atoms with van der Waals surface area (Å²) in [6, 6.07) is 16.3. The van der Waals surface area contributed by atoms with Crippen molar-refractivity contribution in [3.05, 3.63) is 65.7 Å². The Hall–Kier alpha value is -3.27. The van der Waals surface area contributed by atoms with Crippen LogP contribution in [0.15, 0.2) is 54.6 Å². The highest BCUT2D eigenvalue weighted by molar-refractivity contribution is 5.80. The summed E-state index contributed by atoms with van der Waals surface area (Å²) in [4.78, 5) is 4.31. The van der Waals surface area contributed by atoms with E-state index in [0.717, 1.165) is 5.39 Å². The van der Waals surface area contributed by atoms with E-state index in [0.29, 0.717) is 11.1 Å². The van der Waals surface area contributed by atoms with E-state index in [9.17, 15) is 18.4 Å². The van der Waals surface area contributed by atoms with Gasteiger partial charge in [-0.25, -0.2) is 4.98 Å². The number of alkyl halides is 3. The van der Waals surface area contributed by atoms with Crippen molar-refractivity contribution in [1.29, 1.82) is 5.26 Å². The third-order valence-electron chi connectivity index (χ3n) is 3.34. The molecule has 0 fully saturated rings. The number of nitriles is 1. The van der Waals surface area contributed by atoms with Crippen LogP contribution in [0, 0.1) is 11.3 Å². The Morgan fingerprint density at radius 1 is 1.04 bits per heavy atom. The van der Waals surface area contributed by atoms with E-state index in [2.05, 4.69) is 9.72 Å². The van der Waals surface area contributed by atoms with Crippen LogP contribution in [0.4, 0.5) is 13.2 Å². The lowest BCUT2D eigenvalue weighted by molar-refractivity contribution is -0.274. The molecule has 0 unspecified atom stereocenters. The number of pyridine rings is 1. The van der Waals surface area contributed by atoms with Crippen LogP contribution in [0.5, 0.6) is 11.6 Å². The van der Waals surface area contributed by atoms with Crippen LogP contribution in [0.1, 0.15) is 11.1 Å². The van der Waals surface area contributed by atoms with E-state index < -0.39 is 6.36 Å². The van der Waals surface area contributed by atoms with E-state index in [1.165, 1.54) is 24.3 Å². The minimum Gasteiger partial charge on any atom is -0.472 e. The molecule has 0 radical (unpaired) electrons. The summed E-state index contributed by atoms with van der Waals surface area (Å²) in [5.74, 6) is -0.130. The molecule has 126 valence electrons. The van der Waals surface area contributed by atoms with Crippen LogP contribution < -0.4 is 9.47 Å². The Morgan fingerprint density at radius 2 is 1.76 bits per heavy atom. The van der Waals surface area contributed by atoms with Gasteiger partial charge in [0.05, 0.1) is 5.52 Å². The van der Waals surface area contributed by atoms with Crippen molar-refractivity contribution >= 4 is 10.9 Å². The Morgan fingerprint density at radius 3 is 2.44 bits per heavy atom. The maximum atomic E-state index is 12.1. The number of hydrogen-bond acceptors (Lipinski definition) is 4. The average Bonchev–Trinajstić information content (AvgIpc) is 2.59. The third-order valence-corrected chi connectivity index (χ3v) is 3.34. The Bertz CT molecular complexity index is 932. The number of halogens is 3. The van der Waals surface area contributed by atoms with Gasteiger partial charge in [-0.2, -0.15) is 5.26 Å². The van der Waals surface area contributed by atoms with Gasteiger partial charge in [-0.3, -0.25) is 0 Å². The smallest absolute Gasteiger partial charge is 0.472 e. The van der Waals surface area contributed by atoms with E-state index in [4.69, 9.17) is 4.74 Å². The molecule has 0 atom stereocenters. The lowest BCUT2D eigenvalue weighted by atomic mass is 10.1. The average molecular weight is 344 g/mol. The van der Waals surface area contributed by atoms with Crippen LogP contribution in [0.2, 0.25) is 0 Å². The molecule has 0 spiro atoms. The van der Waals surface area contributed by atoms with Gasteiger partial charge in [0, 0.05) is 5.39 Å². The standard InChI is InChI=1S/C18H11F3N2O2/c19-18(20,21)25-15-7-5-12(6-8-15)11-24-17-14(10-22)9-13-3-1-2-4-16(13)23-17/h1-9H,11H2. The Balaban J connectivity index is 1.75.